The van der Waals surface area contributed by atoms with E-state index in [0.29, 0.717) is 25.4 Å². The molecule has 6 nitrogen and oxygen atoms in total. The number of nitrogens with zero attached hydrogens (tertiary/aromatic N) is 2. The van der Waals surface area contributed by atoms with Crippen LogP contribution in [0.4, 0.5) is 0 Å². The van der Waals surface area contributed by atoms with Crippen LogP contribution < -0.4 is 0 Å². The Bertz CT molecular complexity index is 532. The molecule has 1 aromatic heterocycles. The summed E-state index contributed by atoms with van der Waals surface area (Å²) in [5, 5.41) is 14.0. The Balaban J connectivity index is 1.56. The lowest BCUT2D eigenvalue weighted by atomic mass is 9.58. The first-order valence-electron chi connectivity index (χ1n) is 8.05. The van der Waals surface area contributed by atoms with Gasteiger partial charge in [0.25, 0.3) is 0 Å². The Morgan fingerprint density at radius 1 is 1.55 bits per heavy atom. The van der Waals surface area contributed by atoms with Crippen molar-refractivity contribution in [3.05, 3.63) is 17.5 Å². The third kappa shape index (κ3) is 2.65. The second-order valence-electron chi connectivity index (χ2n) is 6.42. The average molecular weight is 308 g/mol. The Labute approximate surface area is 130 Å². The molecular weight excluding hydrogens is 284 g/mol. The van der Waals surface area contributed by atoms with Gasteiger partial charge in [0, 0.05) is 37.6 Å². The molecule has 1 N–H and O–H groups in total. The molecule has 1 saturated carbocycles. The Hall–Kier alpha value is -1.40. The van der Waals surface area contributed by atoms with E-state index in [1.807, 2.05) is 18.7 Å². The highest BCUT2D eigenvalue weighted by Crippen LogP contribution is 2.50. The molecule has 2 fully saturated rings. The standard InChI is InChI=1S/C16H24N2O4/c1-3-21-14-10-13(19)16(14)4-6-18(7-5-16)15(20)9-12-8-11(2)22-17-12/h8,13-14,19H,3-7,9-10H2,1-2H3/t13-,14+/m1/s1. The lowest BCUT2D eigenvalue weighted by Crippen LogP contribution is -2.62. The van der Waals surface area contributed by atoms with Crippen LogP contribution in [0.1, 0.15) is 37.6 Å². The number of carbonyl (C=O) groups excluding carboxylic acids is 1. The van der Waals surface area contributed by atoms with Crippen LogP contribution in [0.5, 0.6) is 0 Å². The van der Waals surface area contributed by atoms with Gasteiger partial charge in [0.2, 0.25) is 5.91 Å². The minimum atomic E-state index is -0.292. The maximum atomic E-state index is 12.3. The number of aromatic nitrogens is 1. The smallest absolute Gasteiger partial charge is 0.228 e. The lowest BCUT2D eigenvalue weighted by Gasteiger charge is -2.56. The third-order valence-corrected chi connectivity index (χ3v) is 5.17. The maximum absolute atomic E-state index is 12.3. The Kier molecular flexibility index (Phi) is 4.23. The van der Waals surface area contributed by atoms with Crippen LogP contribution >= 0.6 is 0 Å². The quantitative estimate of drug-likeness (QED) is 0.907. The summed E-state index contributed by atoms with van der Waals surface area (Å²) in [6, 6.07) is 1.80. The van der Waals surface area contributed by atoms with Crippen molar-refractivity contribution in [1.82, 2.24) is 10.1 Å². The van der Waals surface area contributed by atoms with Crippen LogP contribution in [0.3, 0.4) is 0 Å². The number of amides is 1. The fourth-order valence-electron chi connectivity index (χ4n) is 3.76. The molecule has 0 bridgehead atoms. The number of likely N-dealkylation sites (tertiary alicyclic amines) is 1. The van der Waals surface area contributed by atoms with Crippen molar-refractivity contribution >= 4 is 5.91 Å². The van der Waals surface area contributed by atoms with Crippen molar-refractivity contribution in [1.29, 1.82) is 0 Å². The summed E-state index contributed by atoms with van der Waals surface area (Å²) in [5.74, 6) is 0.794. The molecule has 0 unspecified atom stereocenters. The molecule has 1 aliphatic carbocycles. The van der Waals surface area contributed by atoms with E-state index in [9.17, 15) is 9.90 Å². The fourth-order valence-corrected chi connectivity index (χ4v) is 3.76. The van der Waals surface area contributed by atoms with Crippen LogP contribution in [0.25, 0.3) is 0 Å². The molecule has 1 aliphatic heterocycles. The first kappa shape index (κ1) is 15.5. The van der Waals surface area contributed by atoms with Crippen LogP contribution in [0.2, 0.25) is 0 Å². The fraction of sp³-hybridized carbons (Fsp3) is 0.750. The maximum Gasteiger partial charge on any atom is 0.228 e. The number of ether oxygens (including phenoxy) is 1. The van der Waals surface area contributed by atoms with Gasteiger partial charge in [0.15, 0.2) is 0 Å². The van der Waals surface area contributed by atoms with Crippen molar-refractivity contribution in [2.24, 2.45) is 5.41 Å². The zero-order valence-corrected chi connectivity index (χ0v) is 13.2. The molecule has 1 spiro atoms. The molecule has 0 aromatic carbocycles. The van der Waals surface area contributed by atoms with E-state index in [-0.39, 0.29) is 30.0 Å². The van der Waals surface area contributed by atoms with Gasteiger partial charge in [-0.15, -0.1) is 0 Å². The number of carbonyl (C=O) groups is 1. The SMILES string of the molecule is CCO[C@H]1C[C@@H](O)C12CCN(C(=O)Cc1cc(C)on1)CC2. The van der Waals surface area contributed by atoms with Crippen LogP contribution in [0.15, 0.2) is 10.6 Å². The van der Waals surface area contributed by atoms with E-state index in [4.69, 9.17) is 9.26 Å². The molecule has 2 atom stereocenters. The van der Waals surface area contributed by atoms with Crippen molar-refractivity contribution < 1.29 is 19.2 Å². The summed E-state index contributed by atoms with van der Waals surface area (Å²) in [7, 11) is 0. The predicted octanol–water partition coefficient (Wildman–Crippen LogP) is 1.30. The summed E-state index contributed by atoms with van der Waals surface area (Å²) < 4.78 is 10.7. The van der Waals surface area contributed by atoms with Gasteiger partial charge < -0.3 is 19.3 Å². The Morgan fingerprint density at radius 3 is 2.82 bits per heavy atom. The van der Waals surface area contributed by atoms with E-state index >= 15 is 0 Å². The minimum Gasteiger partial charge on any atom is -0.392 e. The van der Waals surface area contributed by atoms with Crippen molar-refractivity contribution in [2.75, 3.05) is 19.7 Å². The zero-order chi connectivity index (χ0) is 15.7. The molecule has 6 heteroatoms. The minimum absolute atomic E-state index is 0.0740. The van der Waals surface area contributed by atoms with Crippen molar-refractivity contribution in [2.45, 2.75) is 51.7 Å². The molecule has 1 aromatic rings. The molecule has 0 radical (unpaired) electrons. The van der Waals surface area contributed by atoms with Gasteiger partial charge in [-0.05, 0) is 26.7 Å². The lowest BCUT2D eigenvalue weighted by molar-refractivity contribution is -0.210. The molecule has 1 amide bonds. The summed E-state index contributed by atoms with van der Waals surface area (Å²) in [6.07, 6.45) is 2.47. The van der Waals surface area contributed by atoms with Crippen molar-refractivity contribution in [3.8, 4) is 0 Å². The van der Waals surface area contributed by atoms with Gasteiger partial charge in [-0.2, -0.15) is 0 Å². The zero-order valence-electron chi connectivity index (χ0n) is 13.2. The number of hydrogen-bond acceptors (Lipinski definition) is 5. The van der Waals surface area contributed by atoms with Crippen LogP contribution in [0, 0.1) is 12.3 Å². The number of piperidine rings is 1. The van der Waals surface area contributed by atoms with Gasteiger partial charge in [-0.25, -0.2) is 0 Å². The normalized spacial score (nSPS) is 27.0. The monoisotopic (exact) mass is 308 g/mol. The number of aryl methyl sites for hydroxylation is 1. The second-order valence-corrected chi connectivity index (χ2v) is 6.42. The van der Waals surface area contributed by atoms with Gasteiger partial charge in [0.05, 0.1) is 24.3 Å². The van der Waals surface area contributed by atoms with Crippen LogP contribution in [-0.4, -0.2) is 53.0 Å². The van der Waals surface area contributed by atoms with Gasteiger partial charge in [0.1, 0.15) is 5.76 Å². The number of aliphatic hydroxyl groups excluding tert-OH is 1. The predicted molar refractivity (Wildman–Crippen MR) is 79.2 cm³/mol. The Morgan fingerprint density at radius 2 is 2.27 bits per heavy atom. The molecular formula is C16H24N2O4. The second kappa shape index (κ2) is 6.01. The van der Waals surface area contributed by atoms with E-state index in [1.165, 1.54) is 0 Å². The van der Waals surface area contributed by atoms with E-state index in [0.717, 1.165) is 25.0 Å². The highest BCUT2D eigenvalue weighted by Gasteiger charge is 2.56. The highest BCUT2D eigenvalue weighted by atomic mass is 16.5. The number of aliphatic hydroxyl groups is 1. The molecule has 122 valence electrons. The van der Waals surface area contributed by atoms with Gasteiger partial charge in [-0.1, -0.05) is 5.16 Å². The van der Waals surface area contributed by atoms with E-state index in [2.05, 4.69) is 5.16 Å². The third-order valence-electron chi connectivity index (χ3n) is 5.17. The molecule has 3 rings (SSSR count). The molecule has 2 aliphatic rings. The number of hydrogen-bond donors (Lipinski definition) is 1. The summed E-state index contributed by atoms with van der Waals surface area (Å²) in [4.78, 5) is 14.2. The van der Waals surface area contributed by atoms with Crippen molar-refractivity contribution in [3.63, 3.8) is 0 Å². The largest absolute Gasteiger partial charge is 0.392 e. The number of rotatable bonds is 4. The first-order valence-corrected chi connectivity index (χ1v) is 8.05. The summed E-state index contributed by atoms with van der Waals surface area (Å²) in [6.45, 7) is 5.83. The average Bonchev–Trinajstić information content (AvgIpc) is 2.92. The summed E-state index contributed by atoms with van der Waals surface area (Å²) in [5.41, 5.74) is 0.538. The van der Waals surface area contributed by atoms with E-state index < -0.39 is 0 Å². The topological polar surface area (TPSA) is 75.8 Å². The van der Waals surface area contributed by atoms with Crippen LogP contribution in [-0.2, 0) is 16.0 Å². The molecule has 22 heavy (non-hydrogen) atoms. The van der Waals surface area contributed by atoms with Gasteiger partial charge in [-0.3, -0.25) is 4.79 Å². The highest BCUT2D eigenvalue weighted by molar-refractivity contribution is 5.78. The van der Waals surface area contributed by atoms with E-state index in [1.54, 1.807) is 6.07 Å². The summed E-state index contributed by atoms with van der Waals surface area (Å²) >= 11 is 0. The molecule has 2 heterocycles. The first-order chi connectivity index (χ1) is 10.5. The molecule has 1 saturated heterocycles. The van der Waals surface area contributed by atoms with Gasteiger partial charge >= 0.3 is 0 Å².